The van der Waals surface area contributed by atoms with Crippen LogP contribution in [0.5, 0.6) is 0 Å². The van der Waals surface area contributed by atoms with E-state index in [4.69, 9.17) is 0 Å². The van der Waals surface area contributed by atoms with Crippen molar-refractivity contribution < 1.29 is 10.0 Å². The Bertz CT molecular complexity index is 730. The maximum atomic E-state index is 11.1. The summed E-state index contributed by atoms with van der Waals surface area (Å²) >= 11 is 0. The van der Waals surface area contributed by atoms with Gasteiger partial charge in [0.1, 0.15) is 0 Å². The molecule has 1 unspecified atom stereocenters. The second-order valence-corrected chi connectivity index (χ2v) is 6.12. The molecule has 1 aliphatic heterocycles. The molecule has 1 aromatic carbocycles. The minimum atomic E-state index is -0.458. The molecule has 128 valence electrons. The molecule has 1 aliphatic rings. The number of nitrogens with zero attached hydrogens (tertiary/aromatic N) is 4. The van der Waals surface area contributed by atoms with Crippen molar-refractivity contribution in [2.45, 2.75) is 25.6 Å². The molecule has 0 aliphatic carbocycles. The van der Waals surface area contributed by atoms with E-state index in [0.717, 1.165) is 26.1 Å². The van der Waals surface area contributed by atoms with Gasteiger partial charge in [0.15, 0.2) is 0 Å². The SMILES string of the molecule is Cn1cncc1CN1CCC(Nc2ccc(CO)c([N+](=O)[O-])c2)C1. The highest BCUT2D eigenvalue weighted by atomic mass is 16.6. The number of anilines is 1. The number of benzene rings is 1. The molecule has 0 radical (unpaired) electrons. The lowest BCUT2D eigenvalue weighted by Gasteiger charge is -2.17. The van der Waals surface area contributed by atoms with Gasteiger partial charge in [-0.1, -0.05) is 0 Å². The van der Waals surface area contributed by atoms with Crippen molar-refractivity contribution in [3.05, 3.63) is 52.1 Å². The molecule has 0 amide bonds. The molecule has 2 aromatic rings. The number of likely N-dealkylation sites (tertiary alicyclic amines) is 1. The molecule has 1 fully saturated rings. The first-order valence-electron chi connectivity index (χ1n) is 7.89. The van der Waals surface area contributed by atoms with Crippen LogP contribution >= 0.6 is 0 Å². The van der Waals surface area contributed by atoms with Gasteiger partial charge in [0.05, 0.1) is 29.1 Å². The zero-order valence-electron chi connectivity index (χ0n) is 13.6. The summed E-state index contributed by atoms with van der Waals surface area (Å²) in [4.78, 5) is 17.1. The van der Waals surface area contributed by atoms with Gasteiger partial charge in [-0.2, -0.15) is 0 Å². The lowest BCUT2D eigenvalue weighted by atomic mass is 10.1. The number of rotatable bonds is 6. The first-order chi connectivity index (χ1) is 11.6. The van der Waals surface area contributed by atoms with E-state index in [9.17, 15) is 15.2 Å². The Hall–Kier alpha value is -2.45. The van der Waals surface area contributed by atoms with Gasteiger partial charge in [-0.05, 0) is 18.6 Å². The van der Waals surface area contributed by atoms with Crippen LogP contribution in [0.2, 0.25) is 0 Å². The number of imidazole rings is 1. The van der Waals surface area contributed by atoms with E-state index >= 15 is 0 Å². The van der Waals surface area contributed by atoms with E-state index in [2.05, 4.69) is 15.2 Å². The maximum Gasteiger partial charge on any atom is 0.276 e. The predicted molar refractivity (Wildman–Crippen MR) is 89.5 cm³/mol. The van der Waals surface area contributed by atoms with Crippen LogP contribution in [0.4, 0.5) is 11.4 Å². The maximum absolute atomic E-state index is 11.1. The molecule has 1 aromatic heterocycles. The van der Waals surface area contributed by atoms with Crippen LogP contribution in [0.15, 0.2) is 30.7 Å². The summed E-state index contributed by atoms with van der Waals surface area (Å²) in [5, 5.41) is 23.6. The minimum absolute atomic E-state index is 0.0489. The summed E-state index contributed by atoms with van der Waals surface area (Å²) in [6.45, 7) is 2.36. The molecule has 0 saturated carbocycles. The molecular formula is C16H21N5O3. The van der Waals surface area contributed by atoms with Crippen molar-refractivity contribution in [1.29, 1.82) is 0 Å². The van der Waals surface area contributed by atoms with E-state index in [1.807, 2.05) is 17.8 Å². The Morgan fingerprint density at radius 2 is 2.33 bits per heavy atom. The van der Waals surface area contributed by atoms with Gasteiger partial charge in [0.2, 0.25) is 0 Å². The van der Waals surface area contributed by atoms with E-state index in [1.165, 1.54) is 11.8 Å². The number of aliphatic hydroxyl groups excluding tert-OH is 1. The number of nitro groups is 1. The van der Waals surface area contributed by atoms with Crippen molar-refractivity contribution in [2.24, 2.45) is 7.05 Å². The van der Waals surface area contributed by atoms with Gasteiger partial charge in [-0.15, -0.1) is 0 Å². The third kappa shape index (κ3) is 3.55. The molecular weight excluding hydrogens is 310 g/mol. The zero-order valence-corrected chi connectivity index (χ0v) is 13.6. The molecule has 3 rings (SSSR count). The largest absolute Gasteiger partial charge is 0.391 e. The lowest BCUT2D eigenvalue weighted by Crippen LogP contribution is -2.26. The number of nitrogens with one attached hydrogen (secondary N) is 1. The smallest absolute Gasteiger partial charge is 0.276 e. The van der Waals surface area contributed by atoms with Gasteiger partial charge in [0, 0.05) is 50.7 Å². The van der Waals surface area contributed by atoms with Gasteiger partial charge >= 0.3 is 0 Å². The van der Waals surface area contributed by atoms with Crippen molar-refractivity contribution in [3.8, 4) is 0 Å². The van der Waals surface area contributed by atoms with Gasteiger partial charge in [-0.3, -0.25) is 15.0 Å². The highest BCUT2D eigenvalue weighted by molar-refractivity contribution is 5.55. The number of aromatic nitrogens is 2. The van der Waals surface area contributed by atoms with E-state index < -0.39 is 4.92 Å². The fraction of sp³-hybridized carbons (Fsp3) is 0.438. The van der Waals surface area contributed by atoms with Crippen molar-refractivity contribution in [2.75, 3.05) is 18.4 Å². The van der Waals surface area contributed by atoms with Gasteiger partial charge in [-0.25, -0.2) is 4.98 Å². The van der Waals surface area contributed by atoms with Crippen LogP contribution in [0.3, 0.4) is 0 Å². The molecule has 0 spiro atoms. The average molecular weight is 331 g/mol. The third-order valence-corrected chi connectivity index (χ3v) is 4.40. The molecule has 0 bridgehead atoms. The van der Waals surface area contributed by atoms with E-state index in [-0.39, 0.29) is 18.3 Å². The summed E-state index contributed by atoms with van der Waals surface area (Å²) in [5.74, 6) is 0. The first-order valence-corrected chi connectivity index (χ1v) is 7.89. The number of hydrogen-bond donors (Lipinski definition) is 2. The number of aliphatic hydroxyl groups is 1. The van der Waals surface area contributed by atoms with Gasteiger partial charge < -0.3 is 15.0 Å². The standard InChI is InChI=1S/C16H21N5O3/c1-19-11-17-7-15(19)9-20-5-4-14(8-20)18-13-3-2-12(10-22)16(6-13)21(23)24/h2-3,6-7,11,14,18,22H,4-5,8-10H2,1H3. The van der Waals surface area contributed by atoms with Crippen molar-refractivity contribution >= 4 is 11.4 Å². The zero-order chi connectivity index (χ0) is 17.1. The van der Waals surface area contributed by atoms with Crippen LogP contribution in [-0.4, -0.2) is 43.6 Å². The highest BCUT2D eigenvalue weighted by Crippen LogP contribution is 2.25. The first kappa shape index (κ1) is 16.4. The highest BCUT2D eigenvalue weighted by Gasteiger charge is 2.24. The normalized spacial score (nSPS) is 18.0. The fourth-order valence-corrected chi connectivity index (χ4v) is 3.05. The summed E-state index contributed by atoms with van der Waals surface area (Å²) in [5.41, 5.74) is 2.16. The molecule has 2 heterocycles. The number of hydrogen-bond acceptors (Lipinski definition) is 6. The van der Waals surface area contributed by atoms with E-state index in [1.54, 1.807) is 18.5 Å². The summed E-state index contributed by atoms with van der Waals surface area (Å²) in [6, 6.07) is 5.12. The van der Waals surface area contributed by atoms with Crippen LogP contribution in [0.1, 0.15) is 17.7 Å². The molecule has 1 atom stereocenters. The van der Waals surface area contributed by atoms with Crippen LogP contribution < -0.4 is 5.32 Å². The van der Waals surface area contributed by atoms with Gasteiger partial charge in [0.25, 0.3) is 5.69 Å². The van der Waals surface area contributed by atoms with Crippen LogP contribution in [-0.2, 0) is 20.2 Å². The summed E-state index contributed by atoms with van der Waals surface area (Å²) in [6.07, 6.45) is 4.65. The lowest BCUT2D eigenvalue weighted by molar-refractivity contribution is -0.385. The molecule has 8 nitrogen and oxygen atoms in total. The third-order valence-electron chi connectivity index (χ3n) is 4.40. The molecule has 2 N–H and O–H groups in total. The quantitative estimate of drug-likeness (QED) is 0.615. The monoisotopic (exact) mass is 331 g/mol. The summed E-state index contributed by atoms with van der Waals surface area (Å²) < 4.78 is 2.01. The Labute approximate surface area is 139 Å². The Morgan fingerprint density at radius 3 is 3.00 bits per heavy atom. The second-order valence-electron chi connectivity index (χ2n) is 6.12. The number of nitro benzene ring substituents is 1. The Kier molecular flexibility index (Phi) is 4.77. The molecule has 1 saturated heterocycles. The van der Waals surface area contributed by atoms with Crippen LogP contribution in [0.25, 0.3) is 0 Å². The summed E-state index contributed by atoms with van der Waals surface area (Å²) in [7, 11) is 1.98. The Morgan fingerprint density at radius 1 is 1.50 bits per heavy atom. The van der Waals surface area contributed by atoms with E-state index in [0.29, 0.717) is 11.3 Å². The van der Waals surface area contributed by atoms with Crippen LogP contribution in [0, 0.1) is 10.1 Å². The molecule has 24 heavy (non-hydrogen) atoms. The van der Waals surface area contributed by atoms with Crippen molar-refractivity contribution in [3.63, 3.8) is 0 Å². The Balaban J connectivity index is 1.62. The second kappa shape index (κ2) is 6.98. The topological polar surface area (TPSA) is 96.5 Å². The number of aryl methyl sites for hydroxylation is 1. The fourth-order valence-electron chi connectivity index (χ4n) is 3.05. The van der Waals surface area contributed by atoms with Crippen molar-refractivity contribution in [1.82, 2.24) is 14.5 Å². The predicted octanol–water partition coefficient (Wildman–Crippen LogP) is 1.51. The molecule has 8 heteroatoms. The average Bonchev–Trinajstić information content (AvgIpc) is 3.17. The minimum Gasteiger partial charge on any atom is -0.391 e.